The topological polar surface area (TPSA) is 111 Å². The fraction of sp³-hybridized carbons (Fsp3) is 0.955. The molecule has 0 saturated heterocycles. The molecule has 1 N–H and O–H groups in total. The van der Waals surface area contributed by atoms with Crippen LogP contribution in [0.4, 0.5) is 0 Å². The number of ether oxygens (including phenoxy) is 8. The maximum Gasteiger partial charge on any atom is 0.137 e. The molecule has 0 unspecified atom stereocenters. The molecule has 0 aromatic heterocycles. The molecule has 0 aromatic carbocycles. The molecule has 10 nitrogen and oxygen atoms in total. The van der Waals surface area contributed by atoms with E-state index in [0.717, 1.165) is 0 Å². The maximum atomic E-state index is 11.4. The molecule has 0 aliphatic carbocycles. The van der Waals surface area contributed by atoms with Gasteiger partial charge in [0.2, 0.25) is 0 Å². The fourth-order valence-corrected chi connectivity index (χ4v) is 2.17. The average Bonchev–Trinajstić information content (AvgIpc) is 2.78. The minimum absolute atomic E-state index is 0.0274. The third-order valence-corrected chi connectivity index (χ3v) is 3.98. The molecule has 0 aliphatic heterocycles. The number of carbonyl (C=O) groups excluding carboxylic acids is 1. The minimum atomic E-state index is 0.0274. The second-order valence-electron chi connectivity index (χ2n) is 6.99. The molecule has 0 atom stereocenters. The third-order valence-electron chi connectivity index (χ3n) is 3.98. The summed E-state index contributed by atoms with van der Waals surface area (Å²) in [6.07, 6.45) is 0.458. The van der Waals surface area contributed by atoms with Crippen LogP contribution in [0.3, 0.4) is 0 Å². The Morgan fingerprint density at radius 1 is 0.500 bits per heavy atom. The van der Waals surface area contributed by atoms with E-state index in [2.05, 4.69) is 0 Å². The van der Waals surface area contributed by atoms with Crippen LogP contribution in [0.15, 0.2) is 0 Å². The van der Waals surface area contributed by atoms with Crippen molar-refractivity contribution in [3.05, 3.63) is 0 Å². The first-order valence-corrected chi connectivity index (χ1v) is 11.4. The molecule has 0 heterocycles. The molecule has 0 rings (SSSR count). The first-order valence-electron chi connectivity index (χ1n) is 11.4. The molecular formula is C22H44O10. The number of Topliss-reactive ketones (excluding diaryl/α,β-unsaturated/α-hetero) is 1. The molecule has 32 heavy (non-hydrogen) atoms. The summed E-state index contributed by atoms with van der Waals surface area (Å²) in [6.45, 7) is 11.6. The number of hydrogen-bond acceptors (Lipinski definition) is 10. The summed E-state index contributed by atoms with van der Waals surface area (Å²) in [5, 5.41) is 8.54. The van der Waals surface area contributed by atoms with Gasteiger partial charge >= 0.3 is 0 Å². The highest BCUT2D eigenvalue weighted by Gasteiger charge is 2.06. The van der Waals surface area contributed by atoms with Crippen molar-refractivity contribution in [3.8, 4) is 0 Å². The zero-order valence-corrected chi connectivity index (χ0v) is 19.9. The molecule has 0 bridgehead atoms. The van der Waals surface area contributed by atoms with E-state index < -0.39 is 0 Å². The summed E-state index contributed by atoms with van der Waals surface area (Å²) >= 11 is 0. The van der Waals surface area contributed by atoms with E-state index >= 15 is 0 Å². The van der Waals surface area contributed by atoms with E-state index in [0.29, 0.717) is 112 Å². The van der Waals surface area contributed by atoms with Crippen LogP contribution in [0.2, 0.25) is 0 Å². The van der Waals surface area contributed by atoms with Crippen molar-refractivity contribution >= 4 is 5.78 Å². The van der Waals surface area contributed by atoms with Gasteiger partial charge in [0, 0.05) is 12.3 Å². The van der Waals surface area contributed by atoms with Crippen molar-refractivity contribution in [2.75, 3.05) is 112 Å². The van der Waals surface area contributed by atoms with E-state index in [9.17, 15) is 4.79 Å². The zero-order chi connectivity index (χ0) is 23.5. The molecule has 0 amide bonds. The fourth-order valence-electron chi connectivity index (χ4n) is 2.17. The lowest BCUT2D eigenvalue weighted by Crippen LogP contribution is -2.15. The van der Waals surface area contributed by atoms with Gasteiger partial charge in [0.15, 0.2) is 0 Å². The van der Waals surface area contributed by atoms with E-state index in [1.165, 1.54) is 0 Å². The predicted molar refractivity (Wildman–Crippen MR) is 118 cm³/mol. The van der Waals surface area contributed by atoms with Gasteiger partial charge in [-0.25, -0.2) is 0 Å². The van der Waals surface area contributed by atoms with Gasteiger partial charge < -0.3 is 43.0 Å². The smallest absolute Gasteiger partial charge is 0.137 e. The first-order chi connectivity index (χ1) is 15.7. The van der Waals surface area contributed by atoms with Crippen LogP contribution in [0, 0.1) is 5.92 Å². The lowest BCUT2D eigenvalue weighted by atomic mass is 10.1. The number of hydrogen-bond donors (Lipinski definition) is 1. The molecule has 10 heteroatoms. The van der Waals surface area contributed by atoms with Gasteiger partial charge in [0.05, 0.1) is 112 Å². The van der Waals surface area contributed by atoms with Crippen molar-refractivity contribution in [1.82, 2.24) is 0 Å². The van der Waals surface area contributed by atoms with Gasteiger partial charge in [0.25, 0.3) is 0 Å². The highest BCUT2D eigenvalue weighted by atomic mass is 16.6. The monoisotopic (exact) mass is 468 g/mol. The molecule has 0 radical (unpaired) electrons. The summed E-state index contributed by atoms with van der Waals surface area (Å²) in [6, 6.07) is 0. The van der Waals surface area contributed by atoms with Gasteiger partial charge in [-0.1, -0.05) is 13.8 Å². The van der Waals surface area contributed by atoms with Crippen LogP contribution >= 0.6 is 0 Å². The van der Waals surface area contributed by atoms with Crippen LogP contribution < -0.4 is 0 Å². The normalized spacial score (nSPS) is 11.5. The van der Waals surface area contributed by atoms with Crippen molar-refractivity contribution in [2.24, 2.45) is 5.92 Å². The van der Waals surface area contributed by atoms with E-state index in [4.69, 9.17) is 43.0 Å². The van der Waals surface area contributed by atoms with Crippen molar-refractivity contribution < 1.29 is 47.8 Å². The second-order valence-corrected chi connectivity index (χ2v) is 6.99. The summed E-state index contributed by atoms with van der Waals surface area (Å²) in [5.41, 5.74) is 0. The predicted octanol–water partition coefficient (Wildman–Crippen LogP) is 0.727. The van der Waals surface area contributed by atoms with Crippen LogP contribution in [-0.4, -0.2) is 123 Å². The Kier molecular flexibility index (Phi) is 26.0. The van der Waals surface area contributed by atoms with E-state index in [-0.39, 0.29) is 18.3 Å². The Morgan fingerprint density at radius 2 is 0.750 bits per heavy atom. The summed E-state index contributed by atoms with van der Waals surface area (Å²) in [7, 11) is 0. The Hall–Kier alpha value is -0.690. The molecule has 0 aromatic rings. The number of ketones is 1. The standard InChI is InChI=1S/C22H44O10/c1-21(2)22(24)3-5-25-7-9-27-11-13-29-15-17-31-19-20-32-18-16-30-14-12-28-10-8-26-6-4-23/h21,23H,3-20H2,1-2H3. The largest absolute Gasteiger partial charge is 0.394 e. The number of carbonyl (C=O) groups is 1. The molecule has 192 valence electrons. The zero-order valence-electron chi connectivity index (χ0n) is 19.9. The SMILES string of the molecule is CC(C)C(=O)CCOCCOCCOCCOCCOCCOCCOCCOCCO. The third kappa shape index (κ3) is 25.6. The van der Waals surface area contributed by atoms with Gasteiger partial charge in [-0.3, -0.25) is 4.79 Å². The molecule has 0 fully saturated rings. The van der Waals surface area contributed by atoms with Crippen molar-refractivity contribution in [1.29, 1.82) is 0 Å². The van der Waals surface area contributed by atoms with Gasteiger partial charge in [-0.2, -0.15) is 0 Å². The van der Waals surface area contributed by atoms with Gasteiger partial charge in [-0.05, 0) is 0 Å². The van der Waals surface area contributed by atoms with Crippen LogP contribution in [-0.2, 0) is 42.7 Å². The highest BCUT2D eigenvalue weighted by Crippen LogP contribution is 1.98. The summed E-state index contributed by atoms with van der Waals surface area (Å²) in [5.74, 6) is 0.285. The Balaban J connectivity index is 3.04. The minimum Gasteiger partial charge on any atom is -0.394 e. The highest BCUT2D eigenvalue weighted by molar-refractivity contribution is 5.80. The Morgan fingerprint density at radius 3 is 1.00 bits per heavy atom. The summed E-state index contributed by atoms with van der Waals surface area (Å²) in [4.78, 5) is 11.4. The second kappa shape index (κ2) is 26.6. The molecule has 0 aliphatic rings. The lowest BCUT2D eigenvalue weighted by Gasteiger charge is -2.08. The maximum absolute atomic E-state index is 11.4. The van der Waals surface area contributed by atoms with E-state index in [1.807, 2.05) is 13.8 Å². The quantitative estimate of drug-likeness (QED) is 0.173. The number of aliphatic hydroxyl groups excluding tert-OH is 1. The molecule has 0 spiro atoms. The van der Waals surface area contributed by atoms with Crippen LogP contribution in [0.25, 0.3) is 0 Å². The van der Waals surface area contributed by atoms with Gasteiger partial charge in [0.1, 0.15) is 5.78 Å². The van der Waals surface area contributed by atoms with Gasteiger partial charge in [-0.15, -0.1) is 0 Å². The lowest BCUT2D eigenvalue weighted by molar-refractivity contribution is -0.123. The number of rotatable bonds is 27. The van der Waals surface area contributed by atoms with Crippen molar-refractivity contribution in [3.63, 3.8) is 0 Å². The Labute approximate surface area is 192 Å². The molecular weight excluding hydrogens is 424 g/mol. The van der Waals surface area contributed by atoms with Crippen LogP contribution in [0.5, 0.6) is 0 Å². The average molecular weight is 469 g/mol. The van der Waals surface area contributed by atoms with Crippen molar-refractivity contribution in [2.45, 2.75) is 20.3 Å². The van der Waals surface area contributed by atoms with E-state index in [1.54, 1.807) is 0 Å². The first kappa shape index (κ1) is 31.3. The van der Waals surface area contributed by atoms with Crippen LogP contribution in [0.1, 0.15) is 20.3 Å². The number of aliphatic hydroxyl groups is 1. The molecule has 0 saturated carbocycles. The Bertz CT molecular complexity index is 382. The summed E-state index contributed by atoms with van der Waals surface area (Å²) < 4.78 is 42.7.